The first-order chi connectivity index (χ1) is 9.16. The molecule has 1 aliphatic heterocycles. The molecule has 0 aromatic carbocycles. The molecular weight excluding hydrogens is 236 g/mol. The van der Waals surface area contributed by atoms with Gasteiger partial charge in [0, 0.05) is 13.1 Å². The van der Waals surface area contributed by atoms with Crippen molar-refractivity contribution < 1.29 is 4.79 Å². The summed E-state index contributed by atoms with van der Waals surface area (Å²) in [5.74, 6) is 2.00. The fourth-order valence-electron chi connectivity index (χ4n) is 3.35. The molecule has 1 amide bonds. The first-order valence-corrected chi connectivity index (χ1v) is 8.19. The van der Waals surface area contributed by atoms with Gasteiger partial charge in [-0.2, -0.15) is 0 Å². The van der Waals surface area contributed by atoms with Gasteiger partial charge in [-0.05, 0) is 57.4 Å². The van der Waals surface area contributed by atoms with Crippen LogP contribution in [0.4, 0.5) is 0 Å². The molecule has 1 atom stereocenters. The number of hydrogen-bond acceptors (Lipinski definition) is 2. The number of amides is 1. The van der Waals surface area contributed by atoms with Gasteiger partial charge in [0.25, 0.3) is 0 Å². The number of carbonyl (C=O) groups is 1. The maximum Gasteiger partial charge on any atom is 0.239 e. The smallest absolute Gasteiger partial charge is 0.239 e. The number of likely N-dealkylation sites (tertiary alicyclic amines) is 1. The highest BCUT2D eigenvalue weighted by Crippen LogP contribution is 2.27. The monoisotopic (exact) mass is 266 g/mol. The Hall–Kier alpha value is -0.570. The lowest BCUT2D eigenvalue weighted by Gasteiger charge is -2.31. The molecule has 0 aromatic rings. The van der Waals surface area contributed by atoms with Gasteiger partial charge in [0.2, 0.25) is 5.91 Å². The summed E-state index contributed by atoms with van der Waals surface area (Å²) in [6.45, 7) is 7.33. The highest BCUT2D eigenvalue weighted by molar-refractivity contribution is 5.81. The Morgan fingerprint density at radius 3 is 2.42 bits per heavy atom. The van der Waals surface area contributed by atoms with Crippen molar-refractivity contribution in [3.05, 3.63) is 0 Å². The third-order valence-corrected chi connectivity index (χ3v) is 4.89. The fraction of sp³-hybridized carbons (Fsp3) is 0.938. The van der Waals surface area contributed by atoms with Crippen molar-refractivity contribution in [3.8, 4) is 0 Å². The number of rotatable bonds is 4. The van der Waals surface area contributed by atoms with Gasteiger partial charge in [0.1, 0.15) is 0 Å². The van der Waals surface area contributed by atoms with Crippen LogP contribution in [-0.4, -0.2) is 36.5 Å². The Morgan fingerprint density at radius 1 is 1.16 bits per heavy atom. The lowest BCUT2D eigenvalue weighted by Crippen LogP contribution is -2.47. The third-order valence-electron chi connectivity index (χ3n) is 4.89. The average Bonchev–Trinajstić information content (AvgIpc) is 2.46. The van der Waals surface area contributed by atoms with Gasteiger partial charge < -0.3 is 10.2 Å². The van der Waals surface area contributed by atoms with Crippen LogP contribution in [0.15, 0.2) is 0 Å². The van der Waals surface area contributed by atoms with Crippen molar-refractivity contribution in [3.63, 3.8) is 0 Å². The van der Waals surface area contributed by atoms with E-state index in [0.29, 0.717) is 5.91 Å². The second-order valence-electron chi connectivity index (χ2n) is 6.64. The minimum atomic E-state index is -0.00236. The van der Waals surface area contributed by atoms with Crippen molar-refractivity contribution >= 4 is 5.91 Å². The largest absolute Gasteiger partial charge is 0.341 e. The van der Waals surface area contributed by atoms with Crippen LogP contribution >= 0.6 is 0 Å². The van der Waals surface area contributed by atoms with E-state index in [9.17, 15) is 4.79 Å². The molecule has 1 aliphatic carbocycles. The van der Waals surface area contributed by atoms with Gasteiger partial charge in [-0.1, -0.05) is 19.8 Å². The van der Waals surface area contributed by atoms with E-state index >= 15 is 0 Å². The van der Waals surface area contributed by atoms with E-state index in [-0.39, 0.29) is 6.04 Å². The molecule has 1 saturated carbocycles. The van der Waals surface area contributed by atoms with Gasteiger partial charge in [-0.15, -0.1) is 0 Å². The molecule has 19 heavy (non-hydrogen) atoms. The van der Waals surface area contributed by atoms with Gasteiger partial charge in [-0.25, -0.2) is 0 Å². The van der Waals surface area contributed by atoms with Gasteiger partial charge in [0.05, 0.1) is 6.04 Å². The number of hydrogen-bond donors (Lipinski definition) is 1. The zero-order valence-electron chi connectivity index (χ0n) is 12.7. The molecule has 1 N–H and O–H groups in total. The van der Waals surface area contributed by atoms with E-state index in [1.807, 2.05) is 11.8 Å². The molecule has 2 rings (SSSR count). The number of nitrogens with one attached hydrogen (secondary N) is 1. The number of piperidine rings is 1. The molecule has 0 aromatic heterocycles. The van der Waals surface area contributed by atoms with Crippen LogP contribution in [0.3, 0.4) is 0 Å². The molecule has 0 spiro atoms. The van der Waals surface area contributed by atoms with Crippen molar-refractivity contribution in [1.82, 2.24) is 10.2 Å². The van der Waals surface area contributed by atoms with Crippen molar-refractivity contribution in [2.75, 3.05) is 19.6 Å². The Kier molecular flexibility index (Phi) is 5.68. The molecular formula is C16H30N2O. The van der Waals surface area contributed by atoms with Crippen LogP contribution in [-0.2, 0) is 4.79 Å². The molecule has 110 valence electrons. The van der Waals surface area contributed by atoms with Crippen LogP contribution in [0, 0.1) is 11.8 Å². The molecule has 1 saturated heterocycles. The van der Waals surface area contributed by atoms with E-state index in [0.717, 1.165) is 31.5 Å². The minimum absolute atomic E-state index is 0.00236. The first-order valence-electron chi connectivity index (χ1n) is 8.19. The summed E-state index contributed by atoms with van der Waals surface area (Å²) >= 11 is 0. The van der Waals surface area contributed by atoms with E-state index < -0.39 is 0 Å². The standard InChI is InChI=1S/C16H30N2O/c1-13-6-8-15(9-7-13)12-17-14(2)16(19)18-10-4-3-5-11-18/h13-15,17H,3-12H2,1-2H3. The summed E-state index contributed by atoms with van der Waals surface area (Å²) in [4.78, 5) is 14.3. The Bertz CT molecular complexity index is 278. The molecule has 3 heteroatoms. The molecule has 1 unspecified atom stereocenters. The zero-order valence-corrected chi connectivity index (χ0v) is 12.7. The Labute approximate surface area is 118 Å². The summed E-state index contributed by atoms with van der Waals surface area (Å²) < 4.78 is 0. The molecule has 3 nitrogen and oxygen atoms in total. The molecule has 0 bridgehead atoms. The van der Waals surface area contributed by atoms with Crippen LogP contribution < -0.4 is 5.32 Å². The van der Waals surface area contributed by atoms with Gasteiger partial charge >= 0.3 is 0 Å². The molecule has 1 heterocycles. The lowest BCUT2D eigenvalue weighted by molar-refractivity contribution is -0.134. The maximum absolute atomic E-state index is 12.3. The van der Waals surface area contributed by atoms with Crippen LogP contribution in [0.1, 0.15) is 58.8 Å². The van der Waals surface area contributed by atoms with E-state index in [1.165, 1.54) is 44.9 Å². The minimum Gasteiger partial charge on any atom is -0.341 e. The Balaban J connectivity index is 1.68. The van der Waals surface area contributed by atoms with E-state index in [2.05, 4.69) is 12.2 Å². The van der Waals surface area contributed by atoms with Crippen molar-refractivity contribution in [1.29, 1.82) is 0 Å². The zero-order chi connectivity index (χ0) is 13.7. The molecule has 2 aliphatic rings. The lowest BCUT2D eigenvalue weighted by atomic mass is 9.83. The number of nitrogens with zero attached hydrogens (tertiary/aromatic N) is 1. The highest BCUT2D eigenvalue weighted by Gasteiger charge is 2.23. The molecule has 2 fully saturated rings. The summed E-state index contributed by atoms with van der Waals surface area (Å²) in [7, 11) is 0. The van der Waals surface area contributed by atoms with Crippen LogP contribution in [0.2, 0.25) is 0 Å². The first kappa shape index (κ1) is 14.8. The van der Waals surface area contributed by atoms with E-state index in [4.69, 9.17) is 0 Å². The SMILES string of the molecule is CC1CCC(CNC(C)C(=O)N2CCCCC2)CC1. The quantitative estimate of drug-likeness (QED) is 0.848. The normalized spacial score (nSPS) is 30.1. The summed E-state index contributed by atoms with van der Waals surface area (Å²) in [5.41, 5.74) is 0. The maximum atomic E-state index is 12.3. The predicted molar refractivity (Wildman–Crippen MR) is 79.0 cm³/mol. The highest BCUT2D eigenvalue weighted by atomic mass is 16.2. The second kappa shape index (κ2) is 7.28. The van der Waals surface area contributed by atoms with Crippen LogP contribution in [0.25, 0.3) is 0 Å². The van der Waals surface area contributed by atoms with Crippen molar-refractivity contribution in [2.45, 2.75) is 64.8 Å². The summed E-state index contributed by atoms with van der Waals surface area (Å²) in [6.07, 6.45) is 9.03. The van der Waals surface area contributed by atoms with E-state index in [1.54, 1.807) is 0 Å². The second-order valence-corrected chi connectivity index (χ2v) is 6.64. The third kappa shape index (κ3) is 4.48. The molecule has 0 radical (unpaired) electrons. The van der Waals surface area contributed by atoms with Gasteiger partial charge in [-0.3, -0.25) is 4.79 Å². The summed E-state index contributed by atoms with van der Waals surface area (Å²) in [6, 6.07) is -0.00236. The fourth-order valence-corrected chi connectivity index (χ4v) is 3.35. The average molecular weight is 266 g/mol. The van der Waals surface area contributed by atoms with Gasteiger partial charge in [0.15, 0.2) is 0 Å². The van der Waals surface area contributed by atoms with Crippen molar-refractivity contribution in [2.24, 2.45) is 11.8 Å². The summed E-state index contributed by atoms with van der Waals surface area (Å²) in [5, 5.41) is 3.47. The predicted octanol–water partition coefficient (Wildman–Crippen LogP) is 2.80. The Morgan fingerprint density at radius 2 is 1.79 bits per heavy atom. The van der Waals surface area contributed by atoms with Crippen LogP contribution in [0.5, 0.6) is 0 Å². The topological polar surface area (TPSA) is 32.3 Å². The number of carbonyl (C=O) groups excluding carboxylic acids is 1.